The minimum absolute atomic E-state index is 0.256. The molecule has 86 valence electrons. The van der Waals surface area contributed by atoms with Gasteiger partial charge in [-0.3, -0.25) is 0 Å². The zero-order valence-corrected chi connectivity index (χ0v) is 9.76. The zero-order chi connectivity index (χ0) is 10.6. The number of rotatable bonds is 3. The molecule has 2 aliphatic rings. The van der Waals surface area contributed by atoms with E-state index in [-0.39, 0.29) is 5.41 Å². The Bertz CT molecular complexity index is 219. The third-order valence-corrected chi connectivity index (χ3v) is 3.48. The van der Waals surface area contributed by atoms with Crippen LogP contribution in [0, 0.1) is 5.41 Å². The fourth-order valence-electron chi connectivity index (χ4n) is 2.31. The molecule has 0 aromatic rings. The Morgan fingerprint density at radius 3 is 2.80 bits per heavy atom. The number of ether oxygens (including phenoxy) is 2. The summed E-state index contributed by atoms with van der Waals surface area (Å²) in [7, 11) is 0. The smallest absolute Gasteiger partial charge is 0.0949 e. The summed E-state index contributed by atoms with van der Waals surface area (Å²) in [6.07, 6.45) is 9.72. The Hall–Kier alpha value is -0.500. The maximum absolute atomic E-state index is 5.72. The molecule has 2 heteroatoms. The Labute approximate surface area is 92.6 Å². The highest BCUT2D eigenvalue weighted by Gasteiger charge is 2.30. The van der Waals surface area contributed by atoms with E-state index in [0.29, 0.717) is 0 Å². The lowest BCUT2D eigenvalue weighted by atomic mass is 9.91. The molecule has 1 atom stereocenters. The Balaban J connectivity index is 1.73. The van der Waals surface area contributed by atoms with Gasteiger partial charge in [0.25, 0.3) is 0 Å². The Morgan fingerprint density at radius 2 is 2.13 bits per heavy atom. The lowest BCUT2D eigenvalue weighted by molar-refractivity contribution is 0.0942. The molecule has 0 amide bonds. The first-order valence-corrected chi connectivity index (χ1v) is 6.16. The molecule has 1 saturated heterocycles. The number of hydrogen-bond donors (Lipinski definition) is 0. The van der Waals surface area contributed by atoms with E-state index in [9.17, 15) is 0 Å². The van der Waals surface area contributed by atoms with Gasteiger partial charge in [0.05, 0.1) is 19.5 Å². The van der Waals surface area contributed by atoms with E-state index >= 15 is 0 Å². The summed E-state index contributed by atoms with van der Waals surface area (Å²) in [5, 5.41) is 0. The quantitative estimate of drug-likeness (QED) is 0.665. The van der Waals surface area contributed by atoms with Gasteiger partial charge in [0.15, 0.2) is 0 Å². The molecule has 15 heavy (non-hydrogen) atoms. The molecular formula is C13H22O2. The lowest BCUT2D eigenvalue weighted by Gasteiger charge is -2.21. The third kappa shape index (κ3) is 3.23. The molecule has 1 heterocycles. The van der Waals surface area contributed by atoms with E-state index in [1.807, 2.05) is 6.26 Å². The van der Waals surface area contributed by atoms with Crippen LogP contribution in [0.2, 0.25) is 0 Å². The summed E-state index contributed by atoms with van der Waals surface area (Å²) < 4.78 is 11.1. The Kier molecular flexibility index (Phi) is 3.68. The van der Waals surface area contributed by atoms with E-state index in [1.54, 1.807) is 0 Å². The van der Waals surface area contributed by atoms with Crippen LogP contribution >= 0.6 is 0 Å². The summed E-state index contributed by atoms with van der Waals surface area (Å²) in [5.41, 5.74) is 1.76. The molecule has 0 bridgehead atoms. The second-order valence-corrected chi connectivity index (χ2v) is 5.26. The van der Waals surface area contributed by atoms with Crippen molar-refractivity contribution < 1.29 is 9.47 Å². The van der Waals surface area contributed by atoms with Crippen LogP contribution in [-0.4, -0.2) is 19.8 Å². The standard InChI is InChI=1S/C13H22O2/c1-13(7-8-14-10-13)11-15-9-12-5-3-2-4-6-12/h9H,2-8,10-11H2,1H3. The second kappa shape index (κ2) is 5.02. The van der Waals surface area contributed by atoms with Crippen LogP contribution in [0.1, 0.15) is 45.4 Å². The number of hydrogen-bond acceptors (Lipinski definition) is 2. The van der Waals surface area contributed by atoms with Crippen molar-refractivity contribution in [1.82, 2.24) is 0 Å². The molecule has 0 spiro atoms. The SMILES string of the molecule is CC1(COC=C2CCCCC2)CCOC1. The van der Waals surface area contributed by atoms with Crippen LogP contribution in [0.5, 0.6) is 0 Å². The molecule has 1 unspecified atom stereocenters. The van der Waals surface area contributed by atoms with Crippen molar-refractivity contribution in [1.29, 1.82) is 0 Å². The van der Waals surface area contributed by atoms with Gasteiger partial charge in [-0.1, -0.05) is 13.3 Å². The molecule has 2 rings (SSSR count). The average molecular weight is 210 g/mol. The van der Waals surface area contributed by atoms with Gasteiger partial charge in [-0.05, 0) is 37.7 Å². The van der Waals surface area contributed by atoms with E-state index in [2.05, 4.69) is 6.92 Å². The van der Waals surface area contributed by atoms with Crippen molar-refractivity contribution in [2.24, 2.45) is 5.41 Å². The molecule has 1 saturated carbocycles. The van der Waals surface area contributed by atoms with Crippen molar-refractivity contribution in [3.8, 4) is 0 Å². The first-order valence-electron chi connectivity index (χ1n) is 6.16. The van der Waals surface area contributed by atoms with Crippen LogP contribution in [0.15, 0.2) is 11.8 Å². The molecule has 0 aromatic heterocycles. The fraction of sp³-hybridized carbons (Fsp3) is 0.846. The van der Waals surface area contributed by atoms with Crippen LogP contribution in [0.25, 0.3) is 0 Å². The van der Waals surface area contributed by atoms with Gasteiger partial charge in [0.1, 0.15) is 0 Å². The average Bonchev–Trinajstić information content (AvgIpc) is 2.67. The van der Waals surface area contributed by atoms with Gasteiger partial charge in [-0.2, -0.15) is 0 Å². The van der Waals surface area contributed by atoms with Gasteiger partial charge in [-0.25, -0.2) is 0 Å². The summed E-state index contributed by atoms with van der Waals surface area (Å²) in [5.74, 6) is 0. The first kappa shape index (κ1) is 11.0. The van der Waals surface area contributed by atoms with Crippen LogP contribution in [0.3, 0.4) is 0 Å². The van der Waals surface area contributed by atoms with E-state index in [1.165, 1.54) is 37.7 Å². The lowest BCUT2D eigenvalue weighted by Crippen LogP contribution is -2.22. The van der Waals surface area contributed by atoms with E-state index < -0.39 is 0 Å². The highest BCUT2D eigenvalue weighted by atomic mass is 16.5. The molecule has 0 N–H and O–H groups in total. The van der Waals surface area contributed by atoms with Crippen molar-refractivity contribution in [2.45, 2.75) is 45.4 Å². The van der Waals surface area contributed by atoms with Crippen LogP contribution < -0.4 is 0 Å². The maximum atomic E-state index is 5.72. The first-order chi connectivity index (χ1) is 7.29. The Morgan fingerprint density at radius 1 is 1.33 bits per heavy atom. The fourth-order valence-corrected chi connectivity index (χ4v) is 2.31. The van der Waals surface area contributed by atoms with E-state index in [0.717, 1.165) is 26.2 Å². The zero-order valence-electron chi connectivity index (χ0n) is 9.76. The molecule has 2 nitrogen and oxygen atoms in total. The summed E-state index contributed by atoms with van der Waals surface area (Å²) in [6, 6.07) is 0. The minimum atomic E-state index is 0.256. The molecule has 2 fully saturated rings. The van der Waals surface area contributed by atoms with Crippen molar-refractivity contribution >= 4 is 0 Å². The largest absolute Gasteiger partial charge is 0.501 e. The predicted octanol–water partition coefficient (Wildman–Crippen LogP) is 3.28. The topological polar surface area (TPSA) is 18.5 Å². The van der Waals surface area contributed by atoms with Gasteiger partial charge in [0.2, 0.25) is 0 Å². The molecular weight excluding hydrogens is 188 g/mol. The maximum Gasteiger partial charge on any atom is 0.0949 e. The van der Waals surface area contributed by atoms with Gasteiger partial charge in [0, 0.05) is 12.0 Å². The van der Waals surface area contributed by atoms with Crippen molar-refractivity contribution in [2.75, 3.05) is 19.8 Å². The van der Waals surface area contributed by atoms with Crippen molar-refractivity contribution in [3.63, 3.8) is 0 Å². The monoisotopic (exact) mass is 210 g/mol. The minimum Gasteiger partial charge on any atom is -0.501 e. The second-order valence-electron chi connectivity index (χ2n) is 5.26. The molecule has 1 aliphatic heterocycles. The third-order valence-electron chi connectivity index (χ3n) is 3.48. The summed E-state index contributed by atoms with van der Waals surface area (Å²) >= 11 is 0. The predicted molar refractivity (Wildman–Crippen MR) is 60.7 cm³/mol. The summed E-state index contributed by atoms with van der Waals surface area (Å²) in [6.45, 7) is 4.82. The normalized spacial score (nSPS) is 31.7. The van der Waals surface area contributed by atoms with Crippen LogP contribution in [0.4, 0.5) is 0 Å². The molecule has 1 aliphatic carbocycles. The highest BCUT2D eigenvalue weighted by molar-refractivity contribution is 5.00. The molecule has 0 radical (unpaired) electrons. The van der Waals surface area contributed by atoms with E-state index in [4.69, 9.17) is 9.47 Å². The van der Waals surface area contributed by atoms with Crippen LogP contribution in [-0.2, 0) is 9.47 Å². The van der Waals surface area contributed by atoms with Gasteiger partial charge in [-0.15, -0.1) is 0 Å². The van der Waals surface area contributed by atoms with Gasteiger partial charge < -0.3 is 9.47 Å². The van der Waals surface area contributed by atoms with Gasteiger partial charge >= 0.3 is 0 Å². The molecule has 0 aromatic carbocycles. The highest BCUT2D eigenvalue weighted by Crippen LogP contribution is 2.29. The van der Waals surface area contributed by atoms with Crippen molar-refractivity contribution in [3.05, 3.63) is 11.8 Å². The number of allylic oxidation sites excluding steroid dienone is 1. The summed E-state index contributed by atoms with van der Waals surface area (Å²) in [4.78, 5) is 0.